The molecule has 118 valence electrons. The first kappa shape index (κ1) is 16.8. The Balaban J connectivity index is 1.94. The molecule has 0 aliphatic carbocycles. The lowest BCUT2D eigenvalue weighted by Gasteiger charge is -2.21. The molecular weight excluding hydrogens is 294 g/mol. The molecule has 2 rings (SSSR count). The van der Waals surface area contributed by atoms with Gasteiger partial charge in [-0.25, -0.2) is 0 Å². The van der Waals surface area contributed by atoms with Gasteiger partial charge in [-0.15, -0.1) is 11.8 Å². The maximum absolute atomic E-state index is 12.4. The number of ketones is 2. The Hall–Kier alpha value is -1.55. The summed E-state index contributed by atoms with van der Waals surface area (Å²) >= 11 is 1.53. The quantitative estimate of drug-likeness (QED) is 0.716. The van der Waals surface area contributed by atoms with Crippen molar-refractivity contribution < 1.29 is 9.59 Å². The molecule has 3 nitrogen and oxygen atoms in total. The molecule has 0 amide bonds. The van der Waals surface area contributed by atoms with Crippen LogP contribution in [-0.4, -0.2) is 30.4 Å². The molecule has 1 aliphatic rings. The summed E-state index contributed by atoms with van der Waals surface area (Å²) in [5.74, 6) is 0.969. The molecule has 0 fully saturated rings. The van der Waals surface area contributed by atoms with Crippen molar-refractivity contribution in [3.8, 4) is 0 Å². The summed E-state index contributed by atoms with van der Waals surface area (Å²) in [6, 6.07) is 9.64. The molecule has 1 heterocycles. The molecule has 4 heteroatoms. The van der Waals surface area contributed by atoms with Crippen LogP contribution in [0.2, 0.25) is 0 Å². The number of anilines is 1. The van der Waals surface area contributed by atoms with Gasteiger partial charge in [0.25, 0.3) is 0 Å². The Labute approximate surface area is 136 Å². The van der Waals surface area contributed by atoms with Crippen molar-refractivity contribution >= 4 is 29.0 Å². The van der Waals surface area contributed by atoms with Crippen LogP contribution in [0.4, 0.5) is 5.69 Å². The number of thioether (sulfide) groups is 1. The number of rotatable bonds is 7. The second-order valence-electron chi connectivity index (χ2n) is 5.50. The van der Waals surface area contributed by atoms with Gasteiger partial charge < -0.3 is 4.90 Å². The topological polar surface area (TPSA) is 37.4 Å². The maximum atomic E-state index is 12.4. The van der Waals surface area contributed by atoms with Gasteiger partial charge in [0.05, 0.1) is 18.0 Å². The molecule has 0 spiro atoms. The third-order valence-corrected chi connectivity index (χ3v) is 4.77. The number of unbranched alkanes of at least 4 members (excludes halogenated alkanes) is 3. The predicted molar refractivity (Wildman–Crippen MR) is 93.4 cm³/mol. The molecule has 0 radical (unpaired) electrons. The first-order valence-corrected chi connectivity index (χ1v) is 8.89. The third-order valence-electron chi connectivity index (χ3n) is 3.62. The molecule has 0 saturated carbocycles. The van der Waals surface area contributed by atoms with E-state index < -0.39 is 0 Å². The lowest BCUT2D eigenvalue weighted by molar-refractivity contribution is -0.114. The second-order valence-corrected chi connectivity index (χ2v) is 6.64. The molecule has 0 N–H and O–H groups in total. The van der Waals surface area contributed by atoms with E-state index in [-0.39, 0.29) is 24.7 Å². The van der Waals surface area contributed by atoms with Crippen LogP contribution < -0.4 is 4.90 Å². The van der Waals surface area contributed by atoms with Crippen LogP contribution >= 0.6 is 11.8 Å². The van der Waals surface area contributed by atoms with Crippen molar-refractivity contribution in [2.24, 2.45) is 0 Å². The number of carbonyl (C=O) groups is 2. The number of carbonyl (C=O) groups excluding carboxylic acids is 2. The van der Waals surface area contributed by atoms with E-state index in [0.29, 0.717) is 4.91 Å². The lowest BCUT2D eigenvalue weighted by atomic mass is 10.2. The monoisotopic (exact) mass is 317 g/mol. The van der Waals surface area contributed by atoms with Crippen LogP contribution in [0.5, 0.6) is 0 Å². The van der Waals surface area contributed by atoms with Crippen LogP contribution in [0.15, 0.2) is 41.3 Å². The summed E-state index contributed by atoms with van der Waals surface area (Å²) < 4.78 is 0. The standard InChI is InChI=1S/C18H23NO2S/c1-2-3-4-8-11-22-18-12-16(20)13-19(14-17(18)21)15-9-6-5-7-10-15/h5-7,9-10,12H,2-4,8,11,13-14H2,1H3. The van der Waals surface area contributed by atoms with Gasteiger partial charge in [-0.1, -0.05) is 44.4 Å². The number of hydrogen-bond donors (Lipinski definition) is 0. The average molecular weight is 317 g/mol. The van der Waals surface area contributed by atoms with Gasteiger partial charge in [0, 0.05) is 11.8 Å². The Bertz CT molecular complexity index is 539. The minimum absolute atomic E-state index is 0.00533. The average Bonchev–Trinajstić information content (AvgIpc) is 2.67. The molecule has 0 unspecified atom stereocenters. The zero-order valence-corrected chi connectivity index (χ0v) is 13.9. The molecule has 1 aliphatic heterocycles. The Morgan fingerprint density at radius 1 is 1.05 bits per heavy atom. The summed E-state index contributed by atoms with van der Waals surface area (Å²) in [6.45, 7) is 2.74. The van der Waals surface area contributed by atoms with Gasteiger partial charge in [-0.05, 0) is 24.3 Å². The zero-order valence-electron chi connectivity index (χ0n) is 13.1. The molecule has 22 heavy (non-hydrogen) atoms. The van der Waals surface area contributed by atoms with Crippen molar-refractivity contribution in [1.82, 2.24) is 0 Å². The number of benzene rings is 1. The highest BCUT2D eigenvalue weighted by atomic mass is 32.2. The molecule has 0 aromatic heterocycles. The molecule has 1 aromatic carbocycles. The highest BCUT2D eigenvalue weighted by Gasteiger charge is 2.22. The van der Waals surface area contributed by atoms with Gasteiger partial charge in [0.1, 0.15) is 0 Å². The minimum Gasteiger partial charge on any atom is -0.356 e. The third kappa shape index (κ3) is 5.02. The van der Waals surface area contributed by atoms with E-state index >= 15 is 0 Å². The second kappa shape index (κ2) is 8.79. The van der Waals surface area contributed by atoms with E-state index in [4.69, 9.17) is 0 Å². The van der Waals surface area contributed by atoms with Gasteiger partial charge in [-0.2, -0.15) is 0 Å². The SMILES string of the molecule is CCCCCCSC1=CC(=O)CN(c2ccccc2)CC1=O. The van der Waals surface area contributed by atoms with E-state index in [0.717, 1.165) is 17.9 Å². The largest absolute Gasteiger partial charge is 0.356 e. The molecule has 1 aromatic rings. The fraction of sp³-hybridized carbons (Fsp3) is 0.444. The number of para-hydroxylation sites is 1. The lowest BCUT2D eigenvalue weighted by Crippen LogP contribution is -2.31. The fourth-order valence-electron chi connectivity index (χ4n) is 2.42. The van der Waals surface area contributed by atoms with E-state index in [9.17, 15) is 9.59 Å². The molecular formula is C18H23NO2S. The van der Waals surface area contributed by atoms with Crippen molar-refractivity contribution in [2.45, 2.75) is 32.6 Å². The minimum atomic E-state index is 0.00533. The van der Waals surface area contributed by atoms with Gasteiger partial charge in [0.2, 0.25) is 0 Å². The maximum Gasteiger partial charge on any atom is 0.188 e. The summed E-state index contributed by atoms with van der Waals surface area (Å²) in [4.78, 5) is 26.9. The van der Waals surface area contributed by atoms with Crippen LogP contribution in [0.25, 0.3) is 0 Å². The van der Waals surface area contributed by atoms with Gasteiger partial charge >= 0.3 is 0 Å². The van der Waals surface area contributed by atoms with Gasteiger partial charge in [0.15, 0.2) is 11.6 Å². The van der Waals surface area contributed by atoms with Crippen LogP contribution in [0, 0.1) is 0 Å². The molecule has 0 bridgehead atoms. The van der Waals surface area contributed by atoms with E-state index in [1.165, 1.54) is 37.1 Å². The summed E-state index contributed by atoms with van der Waals surface area (Å²) in [6.07, 6.45) is 6.26. The van der Waals surface area contributed by atoms with Crippen molar-refractivity contribution in [3.63, 3.8) is 0 Å². The number of hydrogen-bond acceptors (Lipinski definition) is 4. The Morgan fingerprint density at radius 3 is 2.55 bits per heavy atom. The summed E-state index contributed by atoms with van der Waals surface area (Å²) in [5.41, 5.74) is 0.923. The summed E-state index contributed by atoms with van der Waals surface area (Å²) in [7, 11) is 0. The molecule has 0 saturated heterocycles. The van der Waals surface area contributed by atoms with Crippen molar-refractivity contribution in [2.75, 3.05) is 23.7 Å². The van der Waals surface area contributed by atoms with E-state index in [1.54, 1.807) is 0 Å². The van der Waals surface area contributed by atoms with Crippen molar-refractivity contribution in [1.29, 1.82) is 0 Å². The fourth-order valence-corrected chi connectivity index (χ4v) is 3.43. The normalized spacial score (nSPS) is 15.7. The van der Waals surface area contributed by atoms with E-state index in [2.05, 4.69) is 6.92 Å². The van der Waals surface area contributed by atoms with Crippen LogP contribution in [-0.2, 0) is 9.59 Å². The summed E-state index contributed by atoms with van der Waals surface area (Å²) in [5, 5.41) is 0. The first-order chi connectivity index (χ1) is 10.7. The van der Waals surface area contributed by atoms with Crippen LogP contribution in [0.1, 0.15) is 32.6 Å². The predicted octanol–water partition coefficient (Wildman–Crippen LogP) is 3.84. The van der Waals surface area contributed by atoms with Crippen molar-refractivity contribution in [3.05, 3.63) is 41.3 Å². The number of nitrogens with zero attached hydrogens (tertiary/aromatic N) is 1. The van der Waals surface area contributed by atoms with E-state index in [1.807, 2.05) is 35.2 Å². The zero-order chi connectivity index (χ0) is 15.8. The highest BCUT2D eigenvalue weighted by molar-refractivity contribution is 8.04. The van der Waals surface area contributed by atoms with Gasteiger partial charge in [-0.3, -0.25) is 9.59 Å². The Kier molecular flexibility index (Phi) is 6.72. The number of Topliss-reactive ketones (excluding diaryl/α,β-unsaturated/α-hetero) is 1. The first-order valence-electron chi connectivity index (χ1n) is 7.91. The van der Waals surface area contributed by atoms with Crippen LogP contribution in [0.3, 0.4) is 0 Å². The molecule has 0 atom stereocenters. The highest BCUT2D eigenvalue weighted by Crippen LogP contribution is 2.23. The smallest absolute Gasteiger partial charge is 0.188 e. The Morgan fingerprint density at radius 2 is 1.82 bits per heavy atom.